The first-order valence-corrected chi connectivity index (χ1v) is 14.2. The number of hydrogen-bond acceptors (Lipinski definition) is 1. The average molecular weight is 349 g/mol. The Morgan fingerprint density at radius 2 is 1.61 bits per heavy atom. The number of rotatable bonds is 4. The molecule has 0 bridgehead atoms. The van der Waals surface area contributed by atoms with E-state index in [1.807, 2.05) is 0 Å². The smallest absolute Gasteiger partial charge is 0.193 e. The van der Waals surface area contributed by atoms with Crippen LogP contribution in [0.25, 0.3) is 0 Å². The van der Waals surface area contributed by atoms with Crippen molar-refractivity contribution in [1.29, 1.82) is 0 Å². The van der Waals surface area contributed by atoms with E-state index in [4.69, 9.17) is 4.43 Å². The van der Waals surface area contributed by atoms with Crippen molar-refractivity contribution in [3.05, 3.63) is 0 Å². The first-order chi connectivity index (χ1) is 7.89. The standard InChI is InChI=1S/C14H29BrOSi2/c1-14(2,3)18(7,8)16-13(9-11-15)10-12-17(4,5)6/h13H,9,11H2,1-8H3. The third-order valence-electron chi connectivity index (χ3n) is 3.22. The van der Waals surface area contributed by atoms with Crippen molar-refractivity contribution in [2.24, 2.45) is 0 Å². The Labute approximate surface area is 124 Å². The minimum atomic E-state index is -1.71. The molecule has 0 spiro atoms. The molecule has 0 radical (unpaired) electrons. The second-order valence-electron chi connectivity index (χ2n) is 7.36. The fraction of sp³-hybridized carbons (Fsp3) is 0.857. The predicted molar refractivity (Wildman–Crippen MR) is 91.6 cm³/mol. The number of halogens is 1. The second-order valence-corrected chi connectivity index (χ2v) is 17.7. The summed E-state index contributed by atoms with van der Waals surface area (Å²) in [6.45, 7) is 18.2. The van der Waals surface area contributed by atoms with Crippen LogP contribution in [0.5, 0.6) is 0 Å². The summed E-state index contributed by atoms with van der Waals surface area (Å²) < 4.78 is 6.40. The van der Waals surface area contributed by atoms with Gasteiger partial charge in [0.1, 0.15) is 14.2 Å². The highest BCUT2D eigenvalue weighted by atomic mass is 79.9. The summed E-state index contributed by atoms with van der Waals surface area (Å²) in [6.07, 6.45) is 1.07. The van der Waals surface area contributed by atoms with Crippen molar-refractivity contribution in [2.45, 2.75) is 71.1 Å². The molecule has 1 nitrogen and oxygen atoms in total. The summed E-state index contributed by atoms with van der Waals surface area (Å²) in [4.78, 5) is 0. The first kappa shape index (κ1) is 18.4. The maximum Gasteiger partial charge on any atom is 0.193 e. The van der Waals surface area contributed by atoms with Gasteiger partial charge in [-0.05, 0) is 24.6 Å². The van der Waals surface area contributed by atoms with Gasteiger partial charge < -0.3 is 4.43 Å². The van der Waals surface area contributed by atoms with E-state index in [1.165, 1.54) is 0 Å². The summed E-state index contributed by atoms with van der Waals surface area (Å²) in [5.41, 5.74) is 3.45. The van der Waals surface area contributed by atoms with Gasteiger partial charge in [-0.15, -0.1) is 5.54 Å². The van der Waals surface area contributed by atoms with E-state index in [0.717, 1.165) is 11.8 Å². The molecule has 0 amide bonds. The lowest BCUT2D eigenvalue weighted by Crippen LogP contribution is -2.43. The Bertz CT molecular complexity index is 315. The molecule has 0 saturated carbocycles. The van der Waals surface area contributed by atoms with Crippen LogP contribution in [0.1, 0.15) is 27.2 Å². The van der Waals surface area contributed by atoms with Gasteiger partial charge in [0.2, 0.25) is 0 Å². The number of alkyl halides is 1. The summed E-state index contributed by atoms with van der Waals surface area (Å²) >= 11 is 3.51. The average Bonchev–Trinajstić information content (AvgIpc) is 2.11. The molecule has 0 fully saturated rings. The zero-order valence-corrected chi connectivity index (χ0v) is 16.9. The van der Waals surface area contributed by atoms with Crippen molar-refractivity contribution in [2.75, 3.05) is 5.33 Å². The Morgan fingerprint density at radius 1 is 1.11 bits per heavy atom. The minimum absolute atomic E-state index is 0.0944. The Kier molecular flexibility index (Phi) is 6.90. The third kappa shape index (κ3) is 7.13. The van der Waals surface area contributed by atoms with E-state index in [1.54, 1.807) is 0 Å². The van der Waals surface area contributed by atoms with Crippen molar-refractivity contribution in [1.82, 2.24) is 0 Å². The van der Waals surface area contributed by atoms with Crippen molar-refractivity contribution in [3.63, 3.8) is 0 Å². The van der Waals surface area contributed by atoms with E-state index in [2.05, 4.69) is 80.9 Å². The molecular formula is C14H29BrOSi2. The normalized spacial score (nSPS) is 14.9. The van der Waals surface area contributed by atoms with Crippen molar-refractivity contribution >= 4 is 32.3 Å². The molecule has 0 aliphatic rings. The SMILES string of the molecule is CC(C)(C)[Si](C)(C)OC(C#C[Si](C)(C)C)CCBr. The third-order valence-corrected chi connectivity index (χ3v) is 9.06. The molecule has 0 aromatic rings. The van der Waals surface area contributed by atoms with E-state index in [-0.39, 0.29) is 11.1 Å². The molecule has 1 atom stereocenters. The fourth-order valence-electron chi connectivity index (χ4n) is 1.09. The lowest BCUT2D eigenvalue weighted by atomic mass is 10.2. The quantitative estimate of drug-likeness (QED) is 0.392. The largest absolute Gasteiger partial charge is 0.403 e. The van der Waals surface area contributed by atoms with E-state index < -0.39 is 16.4 Å². The molecule has 0 aliphatic carbocycles. The van der Waals surface area contributed by atoms with Gasteiger partial charge in [0.05, 0.1) is 0 Å². The van der Waals surface area contributed by atoms with Gasteiger partial charge in [0, 0.05) is 5.33 Å². The Balaban J connectivity index is 4.88. The van der Waals surface area contributed by atoms with E-state index in [0.29, 0.717) is 0 Å². The lowest BCUT2D eigenvalue weighted by Gasteiger charge is -2.38. The van der Waals surface area contributed by atoms with Crippen LogP contribution in [0.15, 0.2) is 0 Å². The van der Waals surface area contributed by atoms with Crippen LogP contribution >= 0.6 is 15.9 Å². The zero-order valence-electron chi connectivity index (χ0n) is 13.3. The van der Waals surface area contributed by atoms with Gasteiger partial charge in [0.15, 0.2) is 8.32 Å². The lowest BCUT2D eigenvalue weighted by molar-refractivity contribution is 0.231. The monoisotopic (exact) mass is 348 g/mol. The highest BCUT2D eigenvalue weighted by Crippen LogP contribution is 2.37. The van der Waals surface area contributed by atoms with Crippen LogP contribution in [-0.2, 0) is 4.43 Å². The van der Waals surface area contributed by atoms with Gasteiger partial charge in [-0.2, -0.15) is 0 Å². The predicted octanol–water partition coefficient (Wildman–Crippen LogP) is 5.04. The van der Waals surface area contributed by atoms with Gasteiger partial charge >= 0.3 is 0 Å². The zero-order chi connectivity index (χ0) is 14.6. The summed E-state index contributed by atoms with van der Waals surface area (Å²) in [5.74, 6) is 3.38. The fourth-order valence-corrected chi connectivity index (χ4v) is 3.34. The molecule has 0 aromatic carbocycles. The Hall–Kier alpha value is 0.434. The van der Waals surface area contributed by atoms with Crippen LogP contribution in [0.4, 0.5) is 0 Å². The highest BCUT2D eigenvalue weighted by Gasteiger charge is 2.38. The summed E-state index contributed by atoms with van der Waals surface area (Å²) in [5, 5.41) is 1.20. The van der Waals surface area contributed by atoms with Gasteiger partial charge in [-0.1, -0.05) is 62.3 Å². The molecular weight excluding hydrogens is 320 g/mol. The van der Waals surface area contributed by atoms with Gasteiger partial charge in [-0.3, -0.25) is 0 Å². The Morgan fingerprint density at radius 3 is 1.94 bits per heavy atom. The molecule has 0 rings (SSSR count). The maximum atomic E-state index is 6.40. The molecule has 0 aliphatic heterocycles. The second kappa shape index (κ2) is 6.74. The van der Waals surface area contributed by atoms with Crippen molar-refractivity contribution < 1.29 is 4.43 Å². The van der Waals surface area contributed by atoms with E-state index in [9.17, 15) is 0 Å². The van der Waals surface area contributed by atoms with Crippen LogP contribution in [0.3, 0.4) is 0 Å². The van der Waals surface area contributed by atoms with Crippen LogP contribution in [0, 0.1) is 11.5 Å². The molecule has 4 heteroatoms. The van der Waals surface area contributed by atoms with Crippen LogP contribution in [0.2, 0.25) is 37.8 Å². The summed E-state index contributed by atoms with van der Waals surface area (Å²) in [7, 11) is -3.02. The van der Waals surface area contributed by atoms with Crippen LogP contribution < -0.4 is 0 Å². The van der Waals surface area contributed by atoms with Crippen LogP contribution in [-0.4, -0.2) is 27.8 Å². The maximum absolute atomic E-state index is 6.40. The molecule has 1 unspecified atom stereocenters. The summed E-state index contributed by atoms with van der Waals surface area (Å²) in [6, 6.07) is 0. The van der Waals surface area contributed by atoms with Crippen molar-refractivity contribution in [3.8, 4) is 11.5 Å². The van der Waals surface area contributed by atoms with Gasteiger partial charge in [-0.25, -0.2) is 0 Å². The molecule has 106 valence electrons. The molecule has 0 heterocycles. The molecule has 0 N–H and O–H groups in total. The first-order valence-electron chi connectivity index (χ1n) is 6.65. The minimum Gasteiger partial charge on any atom is -0.403 e. The van der Waals surface area contributed by atoms with Gasteiger partial charge in [0.25, 0.3) is 0 Å². The molecule has 18 heavy (non-hydrogen) atoms. The van der Waals surface area contributed by atoms with E-state index >= 15 is 0 Å². The highest BCUT2D eigenvalue weighted by molar-refractivity contribution is 9.09. The molecule has 0 saturated heterocycles. The topological polar surface area (TPSA) is 9.23 Å². The molecule has 0 aromatic heterocycles. The number of hydrogen-bond donors (Lipinski definition) is 0.